The molecule has 4 N–H and O–H groups in total. The largest absolute Gasteiger partial charge is 0.456 e. The van der Waals surface area contributed by atoms with Gasteiger partial charge in [0, 0.05) is 36.9 Å². The summed E-state index contributed by atoms with van der Waals surface area (Å²) in [6.45, 7) is 11.3. The van der Waals surface area contributed by atoms with Crippen molar-refractivity contribution in [2.45, 2.75) is 26.8 Å². The van der Waals surface area contributed by atoms with Gasteiger partial charge >= 0.3 is 0 Å². The van der Waals surface area contributed by atoms with Crippen LogP contribution in [0.3, 0.4) is 0 Å². The molecule has 3 aromatic rings. The van der Waals surface area contributed by atoms with Crippen LogP contribution in [-0.2, 0) is 4.79 Å². The monoisotopic (exact) mass is 539 g/mol. The predicted octanol–water partition coefficient (Wildman–Crippen LogP) is 2.44. The van der Waals surface area contributed by atoms with Crippen LogP contribution in [0.4, 0.5) is 17.5 Å². The molecular weight excluding hydrogens is 508 g/mol. The normalized spacial score (nSPS) is 18.3. The van der Waals surface area contributed by atoms with Gasteiger partial charge in [-0.05, 0) is 50.6 Å². The zero-order valence-corrected chi connectivity index (χ0v) is 22.6. The number of nitrogens with two attached hydrogens (primary N) is 1. The number of aliphatic imine (C=N–C) groups is 1. The Labute approximate surface area is 231 Å². The van der Waals surface area contributed by atoms with E-state index in [2.05, 4.69) is 36.7 Å². The summed E-state index contributed by atoms with van der Waals surface area (Å²) in [6, 6.07) is 5.79. The van der Waals surface area contributed by atoms with Gasteiger partial charge in [-0.3, -0.25) is 15.5 Å². The molecule has 1 aromatic carbocycles. The smallest absolute Gasteiger partial charge is 0.246 e. The maximum atomic E-state index is 12.1. The summed E-state index contributed by atoms with van der Waals surface area (Å²) in [5.41, 5.74) is 3.94. The highest BCUT2D eigenvalue weighted by Crippen LogP contribution is 2.29. The lowest BCUT2D eigenvalue weighted by atomic mass is 10.1. The maximum Gasteiger partial charge on any atom is 0.246 e. The van der Waals surface area contributed by atoms with Gasteiger partial charge in [-0.1, -0.05) is 6.58 Å². The first-order valence-corrected chi connectivity index (χ1v) is 12.9. The first-order chi connectivity index (χ1) is 19.4. The molecule has 5 rings (SSSR count). The third-order valence-electron chi connectivity index (χ3n) is 6.78. The van der Waals surface area contributed by atoms with Crippen molar-refractivity contribution in [3.05, 3.63) is 72.5 Å². The molecule has 1 amide bonds. The van der Waals surface area contributed by atoms with E-state index in [9.17, 15) is 4.79 Å². The average molecular weight is 540 g/mol. The van der Waals surface area contributed by atoms with E-state index in [1.54, 1.807) is 11.1 Å². The van der Waals surface area contributed by atoms with Gasteiger partial charge in [-0.2, -0.15) is 4.99 Å². The topological polar surface area (TPSA) is 149 Å². The van der Waals surface area contributed by atoms with Crippen molar-refractivity contribution in [1.29, 1.82) is 5.41 Å². The van der Waals surface area contributed by atoms with Gasteiger partial charge in [0.25, 0.3) is 0 Å². The number of anilines is 3. The molecule has 40 heavy (non-hydrogen) atoms. The van der Waals surface area contributed by atoms with E-state index in [1.807, 2.05) is 56.6 Å². The molecule has 2 aromatic heterocycles. The van der Waals surface area contributed by atoms with Crippen molar-refractivity contribution in [3.63, 3.8) is 0 Å². The molecule has 0 aliphatic carbocycles. The number of quaternary nitrogens is 1. The van der Waals surface area contributed by atoms with E-state index in [0.717, 1.165) is 23.2 Å². The Morgan fingerprint density at radius 1 is 1.27 bits per heavy atom. The number of fused-ring (bicyclic) bond motifs is 1. The van der Waals surface area contributed by atoms with Crippen molar-refractivity contribution in [2.75, 3.05) is 29.9 Å². The molecule has 1 fully saturated rings. The van der Waals surface area contributed by atoms with Crippen molar-refractivity contribution >= 4 is 46.6 Å². The Morgan fingerprint density at radius 3 is 2.88 bits per heavy atom. The number of rotatable bonds is 7. The molecule has 2 aliphatic rings. The Hall–Kier alpha value is -4.97. The molecule has 1 atom stereocenters. The summed E-state index contributed by atoms with van der Waals surface area (Å²) in [6.07, 6.45) is 9.27. The first-order valence-electron chi connectivity index (χ1n) is 12.9. The van der Waals surface area contributed by atoms with Gasteiger partial charge in [0.2, 0.25) is 17.7 Å². The van der Waals surface area contributed by atoms with Crippen molar-refractivity contribution in [2.24, 2.45) is 4.99 Å². The standard InChI is InChI=1S/C28H30N10O2/c1-5-25(39)38-9-8-37(14-19(38)4)28-31-13-21-26(36-28)27(34-16-33-21)35-20-6-7-22(17(2)10-20)40-23-11-24(32-15-29)30-12-18(23)3/h5-7,10-13,15-16,19H,1,8-9,14H2,2-4H3,(H2,29,30,32)(H,33,34,35)/p+1/t19-/m1/s1. The summed E-state index contributed by atoms with van der Waals surface area (Å²) < 4.78 is 6.18. The number of carbonyl (C=O) groups excluding carboxylic acids is 1. The highest BCUT2D eigenvalue weighted by atomic mass is 16.5. The van der Waals surface area contributed by atoms with Crippen molar-refractivity contribution in [1.82, 2.24) is 24.8 Å². The number of benzene rings is 1. The molecule has 2 aliphatic heterocycles. The maximum absolute atomic E-state index is 12.1. The number of hydrogen-bond donors (Lipinski definition) is 3. The van der Waals surface area contributed by atoms with Crippen LogP contribution < -0.4 is 20.3 Å². The van der Waals surface area contributed by atoms with Gasteiger partial charge in [0.1, 0.15) is 41.4 Å². The third kappa shape index (κ3) is 5.57. The minimum Gasteiger partial charge on any atom is -0.456 e. The SMILES string of the molecule is C=CC(=O)N1CCN(c2ncc3ncnc(Nc4ccc(OC5=CC(=NC=N)[NH2+]C=C5C)c(C)c4)c3n2)C[C@H]1C. The van der Waals surface area contributed by atoms with Crippen LogP contribution in [-0.4, -0.2) is 68.6 Å². The van der Waals surface area contributed by atoms with E-state index >= 15 is 0 Å². The number of nitrogens with zero attached hydrogens (tertiary/aromatic N) is 7. The van der Waals surface area contributed by atoms with E-state index in [1.165, 1.54) is 12.4 Å². The third-order valence-corrected chi connectivity index (χ3v) is 6.78. The second kappa shape index (κ2) is 11.4. The summed E-state index contributed by atoms with van der Waals surface area (Å²) >= 11 is 0. The van der Waals surface area contributed by atoms with Gasteiger partial charge < -0.3 is 19.9 Å². The molecule has 12 nitrogen and oxygen atoms in total. The fourth-order valence-electron chi connectivity index (χ4n) is 4.62. The predicted molar refractivity (Wildman–Crippen MR) is 154 cm³/mol. The van der Waals surface area contributed by atoms with Crippen LogP contribution in [0, 0.1) is 12.3 Å². The van der Waals surface area contributed by atoms with E-state index in [-0.39, 0.29) is 11.9 Å². The van der Waals surface area contributed by atoms with Crippen molar-refractivity contribution in [3.8, 4) is 5.75 Å². The van der Waals surface area contributed by atoms with E-state index in [0.29, 0.717) is 59.8 Å². The van der Waals surface area contributed by atoms with Gasteiger partial charge in [0.15, 0.2) is 5.82 Å². The Bertz CT molecular complexity index is 1580. The molecule has 1 saturated heterocycles. The molecule has 0 spiro atoms. The number of nitrogens with one attached hydrogen (secondary N) is 2. The molecule has 0 bridgehead atoms. The minimum absolute atomic E-state index is 0.00327. The first kappa shape index (κ1) is 26.6. The Morgan fingerprint density at radius 2 is 2.12 bits per heavy atom. The number of amides is 1. The molecule has 0 unspecified atom stereocenters. The second-order valence-electron chi connectivity index (χ2n) is 9.57. The van der Waals surface area contributed by atoms with Crippen LogP contribution in [0.1, 0.15) is 19.4 Å². The lowest BCUT2D eigenvalue weighted by molar-refractivity contribution is -0.462. The van der Waals surface area contributed by atoms with Crippen LogP contribution in [0.25, 0.3) is 11.0 Å². The number of hydrogen-bond acceptors (Lipinski definition) is 9. The number of allylic oxidation sites excluding steroid dienone is 1. The number of piperazine rings is 1. The molecular formula is C28H31N10O2+. The van der Waals surface area contributed by atoms with Crippen LogP contribution in [0.5, 0.6) is 5.75 Å². The van der Waals surface area contributed by atoms with Gasteiger partial charge in [0.05, 0.1) is 12.3 Å². The van der Waals surface area contributed by atoms with Gasteiger partial charge in [-0.15, -0.1) is 0 Å². The van der Waals surface area contributed by atoms with Crippen LogP contribution in [0.15, 0.2) is 72.0 Å². The highest BCUT2D eigenvalue weighted by Gasteiger charge is 2.27. The number of aryl methyl sites for hydroxylation is 1. The fraction of sp³-hybridized carbons (Fsp3) is 0.250. The van der Waals surface area contributed by atoms with E-state index in [4.69, 9.17) is 15.1 Å². The number of carbonyl (C=O) groups is 1. The van der Waals surface area contributed by atoms with Crippen LogP contribution >= 0.6 is 0 Å². The summed E-state index contributed by atoms with van der Waals surface area (Å²) in [5, 5.41) is 12.4. The lowest BCUT2D eigenvalue weighted by Gasteiger charge is -2.39. The molecule has 0 saturated carbocycles. The number of ether oxygens (including phenoxy) is 1. The zero-order valence-electron chi connectivity index (χ0n) is 22.6. The number of amidine groups is 1. The summed E-state index contributed by atoms with van der Waals surface area (Å²) in [4.78, 5) is 38.1. The Kier molecular flexibility index (Phi) is 7.60. The molecule has 12 heteroatoms. The average Bonchev–Trinajstić information content (AvgIpc) is 2.96. The quantitative estimate of drug-likeness (QED) is 0.235. The van der Waals surface area contributed by atoms with Crippen LogP contribution in [0.2, 0.25) is 0 Å². The highest BCUT2D eigenvalue weighted by molar-refractivity contribution is 5.92. The lowest BCUT2D eigenvalue weighted by Crippen LogP contribution is -2.83. The van der Waals surface area contributed by atoms with E-state index < -0.39 is 0 Å². The summed E-state index contributed by atoms with van der Waals surface area (Å²) in [7, 11) is 0. The molecule has 0 radical (unpaired) electrons. The summed E-state index contributed by atoms with van der Waals surface area (Å²) in [5.74, 6) is 3.11. The number of aromatic nitrogens is 4. The second-order valence-corrected chi connectivity index (χ2v) is 9.57. The molecule has 204 valence electrons. The minimum atomic E-state index is -0.0693. The molecule has 4 heterocycles. The van der Waals surface area contributed by atoms with Gasteiger partial charge in [-0.25, -0.2) is 19.9 Å². The Balaban J connectivity index is 1.36. The fourth-order valence-corrected chi connectivity index (χ4v) is 4.62. The zero-order chi connectivity index (χ0) is 28.2. The van der Waals surface area contributed by atoms with Crippen molar-refractivity contribution < 1.29 is 14.8 Å².